The van der Waals surface area contributed by atoms with E-state index < -0.39 is 15.9 Å². The molecule has 0 bridgehead atoms. The van der Waals surface area contributed by atoms with E-state index in [2.05, 4.69) is 15.0 Å². The van der Waals surface area contributed by atoms with Crippen molar-refractivity contribution >= 4 is 21.6 Å². The third kappa shape index (κ3) is 4.93. The highest BCUT2D eigenvalue weighted by molar-refractivity contribution is 7.92. The molecule has 0 spiro atoms. The van der Waals surface area contributed by atoms with Gasteiger partial charge in [-0.25, -0.2) is 8.42 Å². The number of anilines is 1. The van der Waals surface area contributed by atoms with Gasteiger partial charge in [0.2, 0.25) is 0 Å². The third-order valence-electron chi connectivity index (χ3n) is 3.44. The van der Waals surface area contributed by atoms with Crippen molar-refractivity contribution in [1.29, 1.82) is 0 Å². The van der Waals surface area contributed by atoms with Gasteiger partial charge in [-0.15, -0.1) is 0 Å². The van der Waals surface area contributed by atoms with E-state index >= 15 is 0 Å². The molecule has 1 aromatic carbocycles. The Labute approximate surface area is 147 Å². The van der Waals surface area contributed by atoms with Crippen molar-refractivity contribution in [3.63, 3.8) is 0 Å². The summed E-state index contributed by atoms with van der Waals surface area (Å²) >= 11 is 0. The Bertz CT molecular complexity index is 837. The maximum absolute atomic E-state index is 12.7. The number of carbonyl (C=O) groups is 1. The smallest absolute Gasteiger partial charge is 0.262 e. The average Bonchev–Trinajstić information content (AvgIpc) is 2.61. The Morgan fingerprint density at radius 1 is 1.24 bits per heavy atom. The number of nitrogens with zero attached hydrogens (tertiary/aromatic N) is 1. The van der Waals surface area contributed by atoms with Crippen LogP contribution in [0.4, 0.5) is 5.69 Å². The second-order valence-electron chi connectivity index (χ2n) is 5.32. The summed E-state index contributed by atoms with van der Waals surface area (Å²) in [6, 6.07) is 7.58. The molecule has 2 rings (SSSR count). The van der Waals surface area contributed by atoms with Crippen LogP contribution in [0.3, 0.4) is 0 Å². The number of unbranched alkanes of at least 4 members (excludes halogenated alkanes) is 1. The number of methoxy groups -OCH3 is 1. The summed E-state index contributed by atoms with van der Waals surface area (Å²) in [5, 5.41) is 2.73. The van der Waals surface area contributed by atoms with Crippen LogP contribution in [0.25, 0.3) is 0 Å². The van der Waals surface area contributed by atoms with Gasteiger partial charge in [-0.1, -0.05) is 25.5 Å². The van der Waals surface area contributed by atoms with Crippen LogP contribution in [0.1, 0.15) is 30.1 Å². The molecule has 0 saturated heterocycles. The number of hydrogen-bond donors (Lipinski definition) is 2. The van der Waals surface area contributed by atoms with Crippen LogP contribution in [-0.2, 0) is 10.0 Å². The second kappa shape index (κ2) is 8.48. The highest BCUT2D eigenvalue weighted by Gasteiger charge is 2.22. The first-order chi connectivity index (χ1) is 12.0. The van der Waals surface area contributed by atoms with E-state index in [0.29, 0.717) is 12.3 Å². The van der Waals surface area contributed by atoms with Crippen LogP contribution < -0.4 is 14.8 Å². The number of nitrogens with one attached hydrogen (secondary N) is 2. The topological polar surface area (TPSA) is 97.4 Å². The van der Waals surface area contributed by atoms with Crippen molar-refractivity contribution in [2.24, 2.45) is 0 Å². The molecule has 0 aliphatic rings. The number of sulfonamides is 1. The van der Waals surface area contributed by atoms with Crippen molar-refractivity contribution in [2.75, 3.05) is 18.4 Å². The van der Waals surface area contributed by atoms with Crippen molar-refractivity contribution in [1.82, 2.24) is 10.3 Å². The zero-order chi connectivity index (χ0) is 18.3. The van der Waals surface area contributed by atoms with E-state index in [4.69, 9.17) is 4.74 Å². The zero-order valence-electron chi connectivity index (χ0n) is 14.2. The molecule has 1 heterocycles. The molecule has 0 saturated carbocycles. The monoisotopic (exact) mass is 363 g/mol. The molecule has 0 aliphatic carbocycles. The van der Waals surface area contributed by atoms with Gasteiger partial charge in [0.15, 0.2) is 0 Å². The number of pyridine rings is 1. The van der Waals surface area contributed by atoms with Gasteiger partial charge in [0.05, 0.1) is 30.8 Å². The Morgan fingerprint density at radius 3 is 2.72 bits per heavy atom. The molecule has 7 nitrogen and oxygen atoms in total. The maximum Gasteiger partial charge on any atom is 0.262 e. The summed E-state index contributed by atoms with van der Waals surface area (Å²) in [6.07, 6.45) is 4.59. The normalized spacial score (nSPS) is 11.0. The summed E-state index contributed by atoms with van der Waals surface area (Å²) < 4.78 is 32.8. The molecule has 2 N–H and O–H groups in total. The molecule has 0 aliphatic heterocycles. The minimum atomic E-state index is -3.95. The van der Waals surface area contributed by atoms with Crippen LogP contribution in [0.2, 0.25) is 0 Å². The van der Waals surface area contributed by atoms with Gasteiger partial charge in [0.25, 0.3) is 15.9 Å². The molecule has 25 heavy (non-hydrogen) atoms. The van der Waals surface area contributed by atoms with Crippen LogP contribution in [0.15, 0.2) is 47.6 Å². The molecule has 2 aromatic rings. The van der Waals surface area contributed by atoms with E-state index in [9.17, 15) is 13.2 Å². The van der Waals surface area contributed by atoms with Crippen molar-refractivity contribution in [3.8, 4) is 5.75 Å². The molecule has 0 atom stereocenters. The Kier molecular flexibility index (Phi) is 6.35. The maximum atomic E-state index is 12.7. The molecule has 8 heteroatoms. The predicted octanol–water partition coefficient (Wildman–Crippen LogP) is 2.42. The molecular formula is C17H21N3O4S. The van der Waals surface area contributed by atoms with Crippen molar-refractivity contribution in [3.05, 3.63) is 48.3 Å². The van der Waals surface area contributed by atoms with E-state index in [1.807, 2.05) is 6.92 Å². The van der Waals surface area contributed by atoms with Crippen LogP contribution in [-0.4, -0.2) is 33.0 Å². The Hall–Kier alpha value is -2.61. The summed E-state index contributed by atoms with van der Waals surface area (Å²) in [5.74, 6) is 0.00369. The molecule has 1 aromatic heterocycles. The van der Waals surface area contributed by atoms with Gasteiger partial charge in [-0.2, -0.15) is 0 Å². The zero-order valence-corrected chi connectivity index (χ0v) is 15.0. The second-order valence-corrected chi connectivity index (χ2v) is 6.98. The van der Waals surface area contributed by atoms with E-state index in [1.165, 1.54) is 37.7 Å². The fraction of sp³-hybridized carbons (Fsp3) is 0.294. The van der Waals surface area contributed by atoms with Gasteiger partial charge in [0, 0.05) is 12.6 Å². The number of hydrogen-bond acceptors (Lipinski definition) is 5. The highest BCUT2D eigenvalue weighted by atomic mass is 32.2. The van der Waals surface area contributed by atoms with Gasteiger partial charge < -0.3 is 10.1 Å². The largest absolute Gasteiger partial charge is 0.495 e. The molecule has 0 unspecified atom stereocenters. The summed E-state index contributed by atoms with van der Waals surface area (Å²) in [6.45, 7) is 2.51. The lowest BCUT2D eigenvalue weighted by atomic mass is 10.2. The number of carbonyl (C=O) groups excluding carboxylic acids is 1. The summed E-state index contributed by atoms with van der Waals surface area (Å²) in [7, 11) is -2.49. The number of benzene rings is 1. The van der Waals surface area contributed by atoms with Crippen LogP contribution >= 0.6 is 0 Å². The van der Waals surface area contributed by atoms with Crippen LogP contribution in [0, 0.1) is 0 Å². The standard InChI is InChI=1S/C17H21N3O4S/c1-3-4-9-19-17(21)15-7-5-6-8-16(15)25(22,23)20-13-10-14(24-2)12-18-11-13/h5-8,10-12,20H,3-4,9H2,1-2H3,(H,19,21). The first-order valence-electron chi connectivity index (χ1n) is 7.87. The highest BCUT2D eigenvalue weighted by Crippen LogP contribution is 2.21. The molecular weight excluding hydrogens is 342 g/mol. The van der Waals surface area contributed by atoms with Gasteiger partial charge in [0.1, 0.15) is 10.6 Å². The van der Waals surface area contributed by atoms with Crippen molar-refractivity contribution < 1.29 is 17.9 Å². The molecule has 134 valence electrons. The first-order valence-corrected chi connectivity index (χ1v) is 9.35. The van der Waals surface area contributed by atoms with E-state index in [1.54, 1.807) is 12.1 Å². The first kappa shape index (κ1) is 18.7. The van der Waals surface area contributed by atoms with Gasteiger partial charge in [-0.3, -0.25) is 14.5 Å². The minimum absolute atomic E-state index is 0.0909. The summed E-state index contributed by atoms with van der Waals surface area (Å²) in [4.78, 5) is 16.1. The van der Waals surface area contributed by atoms with Gasteiger partial charge in [-0.05, 0) is 18.6 Å². The van der Waals surface area contributed by atoms with E-state index in [-0.39, 0.29) is 16.1 Å². The lowest BCUT2D eigenvalue weighted by molar-refractivity contribution is 0.0950. The lowest BCUT2D eigenvalue weighted by Gasteiger charge is -2.12. The fourth-order valence-electron chi connectivity index (χ4n) is 2.16. The van der Waals surface area contributed by atoms with E-state index in [0.717, 1.165) is 12.8 Å². The Balaban J connectivity index is 2.28. The molecule has 0 radical (unpaired) electrons. The molecule has 0 fully saturated rings. The average molecular weight is 363 g/mol. The fourth-order valence-corrected chi connectivity index (χ4v) is 3.40. The Morgan fingerprint density at radius 2 is 2.00 bits per heavy atom. The predicted molar refractivity (Wildman–Crippen MR) is 95.3 cm³/mol. The lowest BCUT2D eigenvalue weighted by Crippen LogP contribution is -2.27. The third-order valence-corrected chi connectivity index (χ3v) is 4.88. The number of ether oxygens (including phenoxy) is 1. The summed E-state index contributed by atoms with van der Waals surface area (Å²) in [5.41, 5.74) is 0.350. The number of rotatable bonds is 8. The number of amides is 1. The minimum Gasteiger partial charge on any atom is -0.495 e. The SMILES string of the molecule is CCCCNC(=O)c1ccccc1S(=O)(=O)Nc1cncc(OC)c1. The molecule has 1 amide bonds. The van der Waals surface area contributed by atoms with Crippen LogP contribution in [0.5, 0.6) is 5.75 Å². The number of aromatic nitrogens is 1. The van der Waals surface area contributed by atoms with Crippen molar-refractivity contribution in [2.45, 2.75) is 24.7 Å². The quantitative estimate of drug-likeness (QED) is 0.702. The van der Waals surface area contributed by atoms with Gasteiger partial charge >= 0.3 is 0 Å².